The third-order valence-electron chi connectivity index (χ3n) is 2.89. The minimum Gasteiger partial charge on any atom is -0.369 e. The van der Waals surface area contributed by atoms with E-state index in [9.17, 15) is 18.0 Å². The molecule has 1 rings (SSSR count). The molecule has 1 aliphatic rings. The molecule has 0 saturated heterocycles. The van der Waals surface area contributed by atoms with Gasteiger partial charge in [0.15, 0.2) is 0 Å². The molecule has 0 bridgehead atoms. The first kappa shape index (κ1) is 14.0. The van der Waals surface area contributed by atoms with Crippen molar-refractivity contribution < 1.29 is 22.7 Å². The molecule has 0 unspecified atom stereocenters. The summed E-state index contributed by atoms with van der Waals surface area (Å²) in [7, 11) is 1.40. The van der Waals surface area contributed by atoms with Gasteiger partial charge in [-0.15, -0.1) is 0 Å². The van der Waals surface area contributed by atoms with E-state index in [2.05, 4.69) is 0 Å². The summed E-state index contributed by atoms with van der Waals surface area (Å²) >= 11 is 0. The molecule has 0 spiro atoms. The average molecular weight is 251 g/mol. The lowest BCUT2D eigenvalue weighted by Crippen LogP contribution is -2.48. The smallest absolute Gasteiger partial charge is 0.369 e. The minimum atomic E-state index is -4.29. The third kappa shape index (κ3) is 3.21. The first-order valence-electron chi connectivity index (χ1n) is 5.29. The van der Waals surface area contributed by atoms with Gasteiger partial charge in [0, 0.05) is 25.8 Å². The first-order valence-corrected chi connectivity index (χ1v) is 5.29. The van der Waals surface area contributed by atoms with Crippen LogP contribution in [-0.4, -0.2) is 42.8 Å². The molecule has 98 valence electrons. The molecule has 6 heteroatoms. The highest BCUT2D eigenvalue weighted by Crippen LogP contribution is 2.30. The number of carbonyl (C=O) groups is 1. The second-order valence-electron chi connectivity index (χ2n) is 4.44. The van der Waals surface area contributed by atoms with Crippen molar-refractivity contribution >= 4 is 5.91 Å². The Morgan fingerprint density at radius 2 is 2.00 bits per heavy atom. The van der Waals surface area contributed by atoms with E-state index in [0.29, 0.717) is 0 Å². The van der Waals surface area contributed by atoms with Crippen LogP contribution in [0.25, 0.3) is 0 Å². The number of halogens is 3. The Kier molecular flexibility index (Phi) is 3.86. The van der Waals surface area contributed by atoms with Crippen molar-refractivity contribution in [1.82, 2.24) is 4.90 Å². The lowest BCUT2D eigenvalue weighted by Gasteiger charge is -2.33. The van der Waals surface area contributed by atoms with Gasteiger partial charge in [-0.05, 0) is 20.3 Å². The predicted octanol–water partition coefficient (Wildman–Crippen LogP) is 2.13. The maximum atomic E-state index is 12.4. The van der Waals surface area contributed by atoms with Crippen molar-refractivity contribution in [2.24, 2.45) is 0 Å². The van der Waals surface area contributed by atoms with Gasteiger partial charge in [-0.1, -0.05) is 6.08 Å². The summed E-state index contributed by atoms with van der Waals surface area (Å²) in [5.41, 5.74) is -1.55. The number of nitrogens with zero attached hydrogens (tertiary/aromatic N) is 1. The van der Waals surface area contributed by atoms with E-state index >= 15 is 0 Å². The maximum Gasteiger partial charge on any atom is 0.412 e. The molecule has 0 aromatic rings. The van der Waals surface area contributed by atoms with Gasteiger partial charge in [-0.3, -0.25) is 4.79 Å². The molecular formula is C11H16F3NO2. The van der Waals surface area contributed by atoms with Crippen LogP contribution in [0.4, 0.5) is 13.2 Å². The molecule has 17 heavy (non-hydrogen) atoms. The molecule has 0 fully saturated rings. The van der Waals surface area contributed by atoms with Gasteiger partial charge in [0.1, 0.15) is 5.60 Å². The zero-order chi connectivity index (χ0) is 13.3. The van der Waals surface area contributed by atoms with Crippen molar-refractivity contribution in [3.05, 3.63) is 11.6 Å². The highest BCUT2D eigenvalue weighted by Gasteiger charge is 2.38. The normalized spacial score (nSPS) is 18.0. The molecule has 0 atom stereocenters. The monoisotopic (exact) mass is 251 g/mol. The van der Waals surface area contributed by atoms with Gasteiger partial charge in [-0.25, -0.2) is 0 Å². The average Bonchev–Trinajstić information content (AvgIpc) is 2.27. The van der Waals surface area contributed by atoms with Crippen LogP contribution in [-0.2, 0) is 9.53 Å². The fourth-order valence-electron chi connectivity index (χ4n) is 1.58. The van der Waals surface area contributed by atoms with E-state index in [1.54, 1.807) is 13.8 Å². The Morgan fingerprint density at radius 3 is 2.35 bits per heavy atom. The fraction of sp³-hybridized carbons (Fsp3) is 0.727. The molecule has 0 aliphatic carbocycles. The minimum absolute atomic E-state index is 0.0134. The molecule has 0 aromatic heterocycles. The Hall–Kier alpha value is -1.04. The molecule has 3 nitrogen and oxygen atoms in total. The van der Waals surface area contributed by atoms with Gasteiger partial charge < -0.3 is 9.64 Å². The largest absolute Gasteiger partial charge is 0.412 e. The molecule has 1 aliphatic heterocycles. The number of amides is 1. The van der Waals surface area contributed by atoms with E-state index in [1.165, 1.54) is 12.0 Å². The van der Waals surface area contributed by atoms with Crippen molar-refractivity contribution in [3.63, 3.8) is 0 Å². The van der Waals surface area contributed by atoms with Crippen LogP contribution in [0.3, 0.4) is 0 Å². The molecule has 0 radical (unpaired) electrons. The number of hydrogen-bond acceptors (Lipinski definition) is 2. The highest BCUT2D eigenvalue weighted by molar-refractivity contribution is 5.84. The second-order valence-corrected chi connectivity index (χ2v) is 4.44. The molecule has 0 saturated carbocycles. The lowest BCUT2D eigenvalue weighted by atomic mass is 10.0. The first-order chi connectivity index (χ1) is 7.68. The van der Waals surface area contributed by atoms with Crippen LogP contribution in [0.2, 0.25) is 0 Å². The number of methoxy groups -OCH3 is 1. The number of alkyl halides is 3. The van der Waals surface area contributed by atoms with Crippen LogP contribution in [0.1, 0.15) is 20.3 Å². The number of ether oxygens (including phenoxy) is 1. The summed E-state index contributed by atoms with van der Waals surface area (Å²) in [5, 5.41) is 0. The van der Waals surface area contributed by atoms with Gasteiger partial charge in [0.25, 0.3) is 5.91 Å². The number of rotatable bonds is 2. The summed E-state index contributed by atoms with van der Waals surface area (Å²) in [4.78, 5) is 13.3. The zero-order valence-electron chi connectivity index (χ0n) is 10.1. The molecule has 1 amide bonds. The van der Waals surface area contributed by atoms with Gasteiger partial charge in [0.2, 0.25) is 0 Å². The van der Waals surface area contributed by atoms with Crippen LogP contribution >= 0.6 is 0 Å². The maximum absolute atomic E-state index is 12.4. The van der Waals surface area contributed by atoms with Gasteiger partial charge in [0.05, 0.1) is 0 Å². The van der Waals surface area contributed by atoms with Gasteiger partial charge in [-0.2, -0.15) is 13.2 Å². The molecule has 0 N–H and O–H groups in total. The fourth-order valence-corrected chi connectivity index (χ4v) is 1.58. The van der Waals surface area contributed by atoms with Crippen LogP contribution in [0, 0.1) is 0 Å². The lowest BCUT2D eigenvalue weighted by molar-refractivity contribution is -0.151. The van der Waals surface area contributed by atoms with E-state index < -0.39 is 17.4 Å². The summed E-state index contributed by atoms with van der Waals surface area (Å²) in [6.07, 6.45) is -3.38. The highest BCUT2D eigenvalue weighted by atomic mass is 19.4. The summed E-state index contributed by atoms with van der Waals surface area (Å²) < 4.78 is 42.1. The second kappa shape index (κ2) is 4.68. The van der Waals surface area contributed by atoms with Crippen LogP contribution in [0.5, 0.6) is 0 Å². The van der Waals surface area contributed by atoms with Crippen LogP contribution < -0.4 is 0 Å². The van der Waals surface area contributed by atoms with Crippen LogP contribution in [0.15, 0.2) is 11.6 Å². The van der Waals surface area contributed by atoms with E-state index in [4.69, 9.17) is 4.74 Å². The van der Waals surface area contributed by atoms with Crippen molar-refractivity contribution in [2.45, 2.75) is 32.0 Å². The molecular weight excluding hydrogens is 235 g/mol. The molecule has 0 aromatic carbocycles. The van der Waals surface area contributed by atoms with E-state index in [1.807, 2.05) is 0 Å². The standard InChI is InChI=1S/C11H16F3NO2/c1-10(2,17-3)9(16)15-6-4-8(5-7-15)11(12,13)14/h4H,5-7H2,1-3H3. The topological polar surface area (TPSA) is 29.5 Å². The zero-order valence-corrected chi connectivity index (χ0v) is 10.1. The van der Waals surface area contributed by atoms with E-state index in [-0.39, 0.29) is 25.4 Å². The van der Waals surface area contributed by atoms with Crippen molar-refractivity contribution in [1.29, 1.82) is 0 Å². The number of hydrogen-bond donors (Lipinski definition) is 0. The Morgan fingerprint density at radius 1 is 1.41 bits per heavy atom. The summed E-state index contributed by atoms with van der Waals surface area (Å²) in [5.74, 6) is -0.294. The Balaban J connectivity index is 2.70. The van der Waals surface area contributed by atoms with Crippen molar-refractivity contribution in [2.75, 3.05) is 20.2 Å². The van der Waals surface area contributed by atoms with E-state index in [0.717, 1.165) is 6.08 Å². The molecule has 1 heterocycles. The van der Waals surface area contributed by atoms with Gasteiger partial charge >= 0.3 is 6.18 Å². The summed E-state index contributed by atoms with van der Waals surface area (Å²) in [6, 6.07) is 0. The Bertz CT molecular complexity index is 334. The quantitative estimate of drug-likeness (QED) is 0.704. The SMILES string of the molecule is COC(C)(C)C(=O)N1CC=C(C(F)(F)F)CC1. The third-order valence-corrected chi connectivity index (χ3v) is 2.89. The number of carbonyl (C=O) groups excluding carboxylic acids is 1. The van der Waals surface area contributed by atoms with Crippen molar-refractivity contribution in [3.8, 4) is 0 Å². The Labute approximate surface area is 98.2 Å². The predicted molar refractivity (Wildman–Crippen MR) is 56.4 cm³/mol. The summed E-state index contributed by atoms with van der Waals surface area (Å²) in [6.45, 7) is 3.26.